The fraction of sp³-hybridized carbons (Fsp3) is 0.333. The predicted molar refractivity (Wildman–Crippen MR) is 82.4 cm³/mol. The van der Waals surface area contributed by atoms with E-state index in [0.717, 1.165) is 35.5 Å². The highest BCUT2D eigenvalue weighted by Crippen LogP contribution is 2.33. The van der Waals surface area contributed by atoms with Crippen molar-refractivity contribution in [3.05, 3.63) is 64.0 Å². The molecule has 3 rings (SSSR count). The van der Waals surface area contributed by atoms with Gasteiger partial charge in [0.25, 0.3) is 0 Å². The number of nitrogens with one attached hydrogen (secondary N) is 1. The smallest absolute Gasteiger partial charge is 0.123 e. The van der Waals surface area contributed by atoms with Gasteiger partial charge in [-0.1, -0.05) is 12.1 Å². The Labute approximate surface area is 125 Å². The minimum atomic E-state index is -0.175. The Kier molecular flexibility index (Phi) is 3.68. The second-order valence-corrected chi connectivity index (χ2v) is 5.64. The van der Waals surface area contributed by atoms with E-state index >= 15 is 0 Å². The molecule has 1 unspecified atom stereocenters. The van der Waals surface area contributed by atoms with Crippen LogP contribution in [0.15, 0.2) is 30.3 Å². The molecule has 0 fully saturated rings. The monoisotopic (exact) mass is 285 g/mol. The molecule has 1 aliphatic heterocycles. The lowest BCUT2D eigenvalue weighted by Crippen LogP contribution is -2.20. The first kappa shape index (κ1) is 14.1. The molecule has 1 aliphatic rings. The zero-order valence-electron chi connectivity index (χ0n) is 12.7. The van der Waals surface area contributed by atoms with Crippen LogP contribution in [-0.2, 0) is 6.42 Å². The van der Waals surface area contributed by atoms with Gasteiger partial charge in [0, 0.05) is 6.42 Å². The number of hydrogen-bond donors (Lipinski definition) is 1. The van der Waals surface area contributed by atoms with Gasteiger partial charge in [0.15, 0.2) is 0 Å². The number of aryl methyl sites for hydroxylation is 2. The first-order valence-electron chi connectivity index (χ1n) is 7.29. The zero-order chi connectivity index (χ0) is 15.0. The Morgan fingerprint density at radius 3 is 2.52 bits per heavy atom. The normalized spacial score (nSPS) is 14.7. The second kappa shape index (κ2) is 5.49. The lowest BCUT2D eigenvalue weighted by atomic mass is 9.90. The van der Waals surface area contributed by atoms with E-state index in [9.17, 15) is 4.39 Å². The molecule has 0 saturated carbocycles. The molecule has 0 spiro atoms. The van der Waals surface area contributed by atoms with Crippen molar-refractivity contribution < 1.29 is 9.13 Å². The highest BCUT2D eigenvalue weighted by molar-refractivity contribution is 5.46. The molecule has 0 aliphatic carbocycles. The lowest BCUT2D eigenvalue weighted by Gasteiger charge is -2.22. The third kappa shape index (κ3) is 2.54. The minimum Gasteiger partial charge on any atom is -0.493 e. The van der Waals surface area contributed by atoms with Crippen molar-refractivity contribution in [2.75, 3.05) is 13.7 Å². The van der Waals surface area contributed by atoms with Crippen molar-refractivity contribution in [3.63, 3.8) is 0 Å². The minimum absolute atomic E-state index is 0.0662. The number of rotatable bonds is 3. The van der Waals surface area contributed by atoms with Gasteiger partial charge < -0.3 is 10.1 Å². The van der Waals surface area contributed by atoms with Crippen molar-refractivity contribution in [2.45, 2.75) is 26.3 Å². The van der Waals surface area contributed by atoms with Crippen LogP contribution in [0.2, 0.25) is 0 Å². The van der Waals surface area contributed by atoms with Crippen LogP contribution in [-0.4, -0.2) is 13.7 Å². The first-order chi connectivity index (χ1) is 10.1. The van der Waals surface area contributed by atoms with Gasteiger partial charge in [-0.3, -0.25) is 0 Å². The van der Waals surface area contributed by atoms with Crippen molar-refractivity contribution in [3.8, 4) is 5.75 Å². The van der Waals surface area contributed by atoms with Gasteiger partial charge in [0.1, 0.15) is 11.6 Å². The molecular weight excluding hydrogens is 265 g/mol. The summed E-state index contributed by atoms with van der Waals surface area (Å²) < 4.78 is 19.1. The average molecular weight is 285 g/mol. The molecule has 1 atom stereocenters. The van der Waals surface area contributed by atoms with Crippen LogP contribution in [0.3, 0.4) is 0 Å². The van der Waals surface area contributed by atoms with E-state index in [0.29, 0.717) is 0 Å². The molecule has 21 heavy (non-hydrogen) atoms. The van der Waals surface area contributed by atoms with Crippen LogP contribution < -0.4 is 10.1 Å². The van der Waals surface area contributed by atoms with Crippen LogP contribution in [0.4, 0.5) is 4.39 Å². The largest absolute Gasteiger partial charge is 0.493 e. The quantitative estimate of drug-likeness (QED) is 0.928. The maximum absolute atomic E-state index is 13.5. The van der Waals surface area contributed by atoms with Gasteiger partial charge in [0.05, 0.1) is 12.6 Å². The molecule has 0 bridgehead atoms. The molecule has 2 aromatic carbocycles. The Bertz CT molecular complexity index is 658. The molecule has 0 aromatic heterocycles. The molecule has 2 nitrogen and oxygen atoms in total. The Morgan fingerprint density at radius 2 is 1.86 bits per heavy atom. The fourth-order valence-corrected chi connectivity index (χ4v) is 3.24. The summed E-state index contributed by atoms with van der Waals surface area (Å²) in [5.41, 5.74) is 5.55. The SMILES string of the molecule is CNC(c1ccc2c(c1)CCO2)c1c(C)cc(F)cc1C. The summed E-state index contributed by atoms with van der Waals surface area (Å²) in [6, 6.07) is 9.60. The highest BCUT2D eigenvalue weighted by atomic mass is 19.1. The standard InChI is InChI=1S/C18H20FNO/c1-11-8-15(19)9-12(2)17(11)18(20-3)14-4-5-16-13(10-14)6-7-21-16/h4-5,8-10,18,20H,6-7H2,1-3H3. The number of hydrogen-bond acceptors (Lipinski definition) is 2. The van der Waals surface area contributed by atoms with Crippen molar-refractivity contribution in [1.82, 2.24) is 5.32 Å². The molecule has 0 radical (unpaired) electrons. The van der Waals surface area contributed by atoms with Crippen molar-refractivity contribution in [2.24, 2.45) is 0 Å². The maximum Gasteiger partial charge on any atom is 0.123 e. The van der Waals surface area contributed by atoms with Gasteiger partial charge in [-0.05, 0) is 66.9 Å². The average Bonchev–Trinajstić information content (AvgIpc) is 2.89. The molecule has 1 N–H and O–H groups in total. The topological polar surface area (TPSA) is 21.3 Å². The molecule has 1 heterocycles. The van der Waals surface area contributed by atoms with E-state index in [1.807, 2.05) is 27.0 Å². The zero-order valence-corrected chi connectivity index (χ0v) is 12.7. The van der Waals surface area contributed by atoms with Crippen molar-refractivity contribution in [1.29, 1.82) is 0 Å². The molecular formula is C18H20FNO. The Morgan fingerprint density at radius 1 is 1.14 bits per heavy atom. The summed E-state index contributed by atoms with van der Waals surface area (Å²) >= 11 is 0. The van der Waals surface area contributed by atoms with Gasteiger partial charge in [-0.2, -0.15) is 0 Å². The first-order valence-corrected chi connectivity index (χ1v) is 7.29. The summed E-state index contributed by atoms with van der Waals surface area (Å²) in [7, 11) is 1.94. The third-order valence-corrected chi connectivity index (χ3v) is 4.18. The highest BCUT2D eigenvalue weighted by Gasteiger charge is 2.20. The van der Waals surface area contributed by atoms with Gasteiger partial charge in [-0.25, -0.2) is 4.39 Å². The van der Waals surface area contributed by atoms with Crippen LogP contribution in [0.25, 0.3) is 0 Å². The van der Waals surface area contributed by atoms with E-state index in [1.54, 1.807) is 12.1 Å². The maximum atomic E-state index is 13.5. The van der Waals surface area contributed by atoms with E-state index in [2.05, 4.69) is 17.4 Å². The number of ether oxygens (including phenoxy) is 1. The molecule has 2 aromatic rings. The van der Waals surface area contributed by atoms with E-state index in [4.69, 9.17) is 4.74 Å². The molecule has 110 valence electrons. The second-order valence-electron chi connectivity index (χ2n) is 5.64. The molecule has 0 amide bonds. The summed E-state index contributed by atoms with van der Waals surface area (Å²) in [5, 5.41) is 3.36. The Balaban J connectivity index is 2.07. The third-order valence-electron chi connectivity index (χ3n) is 4.18. The lowest BCUT2D eigenvalue weighted by molar-refractivity contribution is 0.357. The van der Waals surface area contributed by atoms with Gasteiger partial charge in [-0.15, -0.1) is 0 Å². The number of halogens is 1. The van der Waals surface area contributed by atoms with Crippen LogP contribution >= 0.6 is 0 Å². The summed E-state index contributed by atoms with van der Waals surface area (Å²) in [6.45, 7) is 4.69. The molecule has 0 saturated heterocycles. The van der Waals surface area contributed by atoms with E-state index in [-0.39, 0.29) is 11.9 Å². The van der Waals surface area contributed by atoms with E-state index in [1.165, 1.54) is 11.1 Å². The Hall–Kier alpha value is -1.87. The summed E-state index contributed by atoms with van der Waals surface area (Å²) in [5.74, 6) is 0.812. The van der Waals surface area contributed by atoms with Gasteiger partial charge >= 0.3 is 0 Å². The van der Waals surface area contributed by atoms with Gasteiger partial charge in [0.2, 0.25) is 0 Å². The van der Waals surface area contributed by atoms with Crippen LogP contribution in [0.5, 0.6) is 5.75 Å². The summed E-state index contributed by atoms with van der Waals surface area (Å²) in [4.78, 5) is 0. The fourth-order valence-electron chi connectivity index (χ4n) is 3.24. The number of benzene rings is 2. The van der Waals surface area contributed by atoms with E-state index < -0.39 is 0 Å². The van der Waals surface area contributed by atoms with Crippen molar-refractivity contribution >= 4 is 0 Å². The predicted octanol–water partition coefficient (Wildman–Crippen LogP) is 3.69. The summed E-state index contributed by atoms with van der Waals surface area (Å²) in [6.07, 6.45) is 0.959. The van der Waals surface area contributed by atoms with Crippen LogP contribution in [0.1, 0.15) is 33.9 Å². The van der Waals surface area contributed by atoms with Crippen LogP contribution in [0, 0.1) is 19.7 Å². The molecule has 3 heteroatoms. The number of fused-ring (bicyclic) bond motifs is 1.